The summed E-state index contributed by atoms with van der Waals surface area (Å²) in [5.74, 6) is 7.26. The van der Waals surface area contributed by atoms with Gasteiger partial charge in [0.15, 0.2) is 0 Å². The summed E-state index contributed by atoms with van der Waals surface area (Å²) in [7, 11) is -5.67. The van der Waals surface area contributed by atoms with Crippen molar-refractivity contribution in [2.45, 2.75) is 38.1 Å². The lowest BCUT2D eigenvalue weighted by Gasteiger charge is -2.21. The van der Waals surface area contributed by atoms with Crippen molar-refractivity contribution in [1.82, 2.24) is 0 Å². The van der Waals surface area contributed by atoms with Crippen LogP contribution in [0.15, 0.2) is 36.4 Å². The normalized spacial score (nSPS) is 20.7. The lowest BCUT2D eigenvalue weighted by atomic mass is 9.83. The average Bonchev–Trinajstić information content (AvgIpc) is 2.60. The van der Waals surface area contributed by atoms with Crippen molar-refractivity contribution in [2.24, 2.45) is 11.8 Å². The average molecular weight is 396 g/mol. The van der Waals surface area contributed by atoms with Crippen molar-refractivity contribution in [3.63, 3.8) is 0 Å². The highest BCUT2D eigenvalue weighted by Gasteiger charge is 2.48. The Hall–Kier alpha value is -2.20. The van der Waals surface area contributed by atoms with E-state index in [9.17, 15) is 21.6 Å². The summed E-state index contributed by atoms with van der Waals surface area (Å²) in [6.07, 6.45) is 4.60. The van der Waals surface area contributed by atoms with Crippen LogP contribution >= 0.6 is 0 Å². The van der Waals surface area contributed by atoms with Crippen LogP contribution in [0.4, 0.5) is 13.2 Å². The van der Waals surface area contributed by atoms with Crippen molar-refractivity contribution in [3.8, 4) is 17.6 Å². The summed E-state index contributed by atoms with van der Waals surface area (Å²) < 4.78 is 63.6. The Kier molecular flexibility index (Phi) is 5.38. The standard InChI is InChI=1S/C20H19F3O3S/c1-14-2-4-15(5-3-14)6-7-16-8-9-18-13-19(11-10-17(18)12-16)26-27(24,25)20(21,22)23/h8-15H,2-5H2,1H3. The molecule has 1 saturated carbocycles. The van der Waals surface area contributed by atoms with Crippen LogP contribution in [0.2, 0.25) is 0 Å². The first-order chi connectivity index (χ1) is 12.6. The molecule has 0 heterocycles. The molecule has 0 aliphatic heterocycles. The van der Waals surface area contributed by atoms with Gasteiger partial charge in [0, 0.05) is 11.5 Å². The van der Waals surface area contributed by atoms with Crippen molar-refractivity contribution in [2.75, 3.05) is 0 Å². The van der Waals surface area contributed by atoms with E-state index in [1.165, 1.54) is 31.0 Å². The number of alkyl halides is 3. The van der Waals surface area contributed by atoms with Gasteiger partial charge in [0.1, 0.15) is 5.75 Å². The summed E-state index contributed by atoms with van der Waals surface area (Å²) in [6, 6.07) is 9.27. The third-order valence-electron chi connectivity index (χ3n) is 4.74. The first kappa shape index (κ1) is 19.6. The molecule has 3 nitrogen and oxygen atoms in total. The van der Waals surface area contributed by atoms with Crippen LogP contribution in [-0.2, 0) is 10.1 Å². The molecule has 0 spiro atoms. The fraction of sp³-hybridized carbons (Fsp3) is 0.400. The highest BCUT2D eigenvalue weighted by atomic mass is 32.2. The van der Waals surface area contributed by atoms with E-state index < -0.39 is 15.6 Å². The van der Waals surface area contributed by atoms with Crippen molar-refractivity contribution >= 4 is 20.9 Å². The Morgan fingerprint density at radius 3 is 2.30 bits per heavy atom. The number of fused-ring (bicyclic) bond motifs is 1. The van der Waals surface area contributed by atoms with E-state index in [2.05, 4.69) is 22.9 Å². The maximum atomic E-state index is 12.4. The van der Waals surface area contributed by atoms with Crippen LogP contribution in [0.1, 0.15) is 38.2 Å². The molecule has 0 unspecified atom stereocenters. The smallest absolute Gasteiger partial charge is 0.376 e. The highest BCUT2D eigenvalue weighted by molar-refractivity contribution is 7.88. The molecule has 1 fully saturated rings. The predicted molar refractivity (Wildman–Crippen MR) is 97.6 cm³/mol. The molecule has 3 rings (SSSR count). The van der Waals surface area contributed by atoms with Crippen molar-refractivity contribution in [1.29, 1.82) is 0 Å². The molecule has 0 atom stereocenters. The van der Waals surface area contributed by atoms with Gasteiger partial charge < -0.3 is 4.18 Å². The quantitative estimate of drug-likeness (QED) is 0.396. The predicted octanol–water partition coefficient (Wildman–Crippen LogP) is 5.25. The van der Waals surface area contributed by atoms with Crippen LogP contribution in [0.5, 0.6) is 5.75 Å². The monoisotopic (exact) mass is 396 g/mol. The summed E-state index contributed by atoms with van der Waals surface area (Å²) in [4.78, 5) is 0. The van der Waals surface area contributed by atoms with Gasteiger partial charge in [0.2, 0.25) is 0 Å². The topological polar surface area (TPSA) is 43.4 Å². The van der Waals surface area contributed by atoms with E-state index in [1.54, 1.807) is 12.1 Å². The molecule has 27 heavy (non-hydrogen) atoms. The van der Waals surface area contributed by atoms with E-state index in [4.69, 9.17) is 0 Å². The molecule has 1 aliphatic carbocycles. The Morgan fingerprint density at radius 2 is 1.63 bits per heavy atom. The molecule has 1 aliphatic rings. The van der Waals surface area contributed by atoms with Crippen molar-refractivity contribution < 1.29 is 25.8 Å². The van der Waals surface area contributed by atoms with Gasteiger partial charge in [0.25, 0.3) is 0 Å². The Morgan fingerprint density at radius 1 is 1.00 bits per heavy atom. The minimum absolute atomic E-state index is 0.380. The van der Waals surface area contributed by atoms with E-state index >= 15 is 0 Å². The molecule has 0 N–H and O–H groups in total. The van der Waals surface area contributed by atoms with Crippen LogP contribution in [-0.4, -0.2) is 13.9 Å². The van der Waals surface area contributed by atoms with E-state index in [-0.39, 0.29) is 5.75 Å². The lowest BCUT2D eigenvalue weighted by Crippen LogP contribution is -2.28. The minimum Gasteiger partial charge on any atom is -0.376 e. The first-order valence-electron chi connectivity index (χ1n) is 8.70. The third kappa shape index (κ3) is 4.75. The Labute approximate surface area is 156 Å². The number of rotatable bonds is 2. The second kappa shape index (κ2) is 7.43. The Balaban J connectivity index is 1.78. The Bertz CT molecular complexity index is 993. The first-order valence-corrected chi connectivity index (χ1v) is 10.1. The fourth-order valence-corrected chi connectivity index (χ4v) is 3.57. The zero-order valence-corrected chi connectivity index (χ0v) is 15.5. The molecular weight excluding hydrogens is 377 g/mol. The van der Waals surface area contributed by atoms with Gasteiger partial charge in [-0.3, -0.25) is 0 Å². The fourth-order valence-electron chi connectivity index (χ4n) is 3.12. The molecule has 144 valence electrons. The summed E-state index contributed by atoms with van der Waals surface area (Å²) in [6.45, 7) is 2.25. The number of halogens is 3. The van der Waals surface area contributed by atoms with Gasteiger partial charge in [-0.05, 0) is 66.6 Å². The van der Waals surface area contributed by atoms with E-state index in [1.807, 2.05) is 6.07 Å². The molecule has 0 amide bonds. The molecule has 0 bridgehead atoms. The second-order valence-electron chi connectivity index (χ2n) is 6.93. The maximum absolute atomic E-state index is 12.4. The van der Waals surface area contributed by atoms with Gasteiger partial charge in [-0.2, -0.15) is 21.6 Å². The largest absolute Gasteiger partial charge is 0.534 e. The van der Waals surface area contributed by atoms with Crippen LogP contribution < -0.4 is 4.18 Å². The van der Waals surface area contributed by atoms with Gasteiger partial charge in [-0.15, -0.1) is 0 Å². The van der Waals surface area contributed by atoms with Crippen LogP contribution in [0.25, 0.3) is 10.8 Å². The van der Waals surface area contributed by atoms with Crippen LogP contribution in [0, 0.1) is 23.7 Å². The van der Waals surface area contributed by atoms with Crippen LogP contribution in [0.3, 0.4) is 0 Å². The van der Waals surface area contributed by atoms with Gasteiger partial charge in [-0.25, -0.2) is 0 Å². The zero-order valence-electron chi connectivity index (χ0n) is 14.7. The van der Waals surface area contributed by atoms with E-state index in [0.717, 1.165) is 29.7 Å². The molecule has 7 heteroatoms. The van der Waals surface area contributed by atoms with Gasteiger partial charge in [0.05, 0.1) is 0 Å². The maximum Gasteiger partial charge on any atom is 0.534 e. The molecule has 2 aromatic carbocycles. The van der Waals surface area contributed by atoms with Crippen molar-refractivity contribution in [3.05, 3.63) is 42.0 Å². The zero-order chi connectivity index (χ0) is 19.7. The van der Waals surface area contributed by atoms with Gasteiger partial charge in [-0.1, -0.05) is 30.9 Å². The molecule has 0 saturated heterocycles. The molecular formula is C20H19F3O3S. The highest BCUT2D eigenvalue weighted by Crippen LogP contribution is 2.30. The SMILES string of the molecule is CC1CCC(C#Cc2ccc3cc(OS(=O)(=O)C(F)(F)F)ccc3c2)CC1. The second-order valence-corrected chi connectivity index (χ2v) is 8.47. The third-order valence-corrected chi connectivity index (χ3v) is 5.72. The number of hydrogen-bond acceptors (Lipinski definition) is 3. The summed E-state index contributed by atoms with van der Waals surface area (Å²) in [5.41, 5.74) is -4.64. The summed E-state index contributed by atoms with van der Waals surface area (Å²) >= 11 is 0. The lowest BCUT2D eigenvalue weighted by molar-refractivity contribution is -0.0500. The molecule has 0 radical (unpaired) electrons. The molecule has 0 aromatic heterocycles. The van der Waals surface area contributed by atoms with E-state index in [0.29, 0.717) is 11.3 Å². The minimum atomic E-state index is -5.67. The molecule has 2 aromatic rings. The number of benzene rings is 2. The summed E-state index contributed by atoms with van der Waals surface area (Å²) in [5, 5.41) is 1.32. The number of hydrogen-bond donors (Lipinski definition) is 0. The van der Waals surface area contributed by atoms with Gasteiger partial charge >= 0.3 is 15.6 Å².